The zero-order chi connectivity index (χ0) is 14.5. The molecule has 1 aliphatic carbocycles. The van der Waals surface area contributed by atoms with E-state index in [1.54, 1.807) is 0 Å². The van der Waals surface area contributed by atoms with E-state index in [2.05, 4.69) is 32.2 Å². The average molecular weight is 296 g/mol. The van der Waals surface area contributed by atoms with Crippen LogP contribution in [-0.4, -0.2) is 12.6 Å². The van der Waals surface area contributed by atoms with Crippen molar-refractivity contribution < 1.29 is 4.74 Å². The summed E-state index contributed by atoms with van der Waals surface area (Å²) in [7, 11) is 0. The molecule has 0 aromatic heterocycles. The van der Waals surface area contributed by atoms with Crippen molar-refractivity contribution in [2.24, 2.45) is 5.92 Å². The van der Waals surface area contributed by atoms with Gasteiger partial charge in [-0.3, -0.25) is 0 Å². The number of ether oxygens (including phenoxy) is 1. The second-order valence-corrected chi connectivity index (χ2v) is 6.39. The van der Waals surface area contributed by atoms with Crippen molar-refractivity contribution in [1.29, 1.82) is 0 Å². The van der Waals surface area contributed by atoms with E-state index in [1.807, 2.05) is 12.1 Å². The first-order valence-electron chi connectivity index (χ1n) is 7.79. The highest BCUT2D eigenvalue weighted by atomic mass is 35.5. The second-order valence-electron chi connectivity index (χ2n) is 5.98. The van der Waals surface area contributed by atoms with Crippen LogP contribution < -0.4 is 10.1 Å². The van der Waals surface area contributed by atoms with Crippen molar-refractivity contribution in [3.05, 3.63) is 28.8 Å². The summed E-state index contributed by atoms with van der Waals surface area (Å²) >= 11 is 6.38. The van der Waals surface area contributed by atoms with Gasteiger partial charge in [0.2, 0.25) is 0 Å². The predicted molar refractivity (Wildman–Crippen MR) is 85.6 cm³/mol. The van der Waals surface area contributed by atoms with Crippen molar-refractivity contribution in [1.82, 2.24) is 5.32 Å². The third-order valence-electron chi connectivity index (χ3n) is 4.15. The van der Waals surface area contributed by atoms with Gasteiger partial charge in [0.1, 0.15) is 5.75 Å². The second kappa shape index (κ2) is 7.33. The van der Waals surface area contributed by atoms with Gasteiger partial charge >= 0.3 is 0 Å². The van der Waals surface area contributed by atoms with Crippen molar-refractivity contribution >= 4 is 11.6 Å². The lowest BCUT2D eigenvalue weighted by Crippen LogP contribution is -2.24. The van der Waals surface area contributed by atoms with Crippen LogP contribution in [0.5, 0.6) is 5.75 Å². The largest absolute Gasteiger partial charge is 0.489 e. The lowest BCUT2D eigenvalue weighted by Gasteiger charge is -2.28. The third-order valence-corrected chi connectivity index (χ3v) is 4.44. The van der Waals surface area contributed by atoms with Gasteiger partial charge < -0.3 is 10.1 Å². The van der Waals surface area contributed by atoms with Gasteiger partial charge in [0.15, 0.2) is 0 Å². The highest BCUT2D eigenvalue weighted by molar-refractivity contribution is 6.32. The Balaban J connectivity index is 2.02. The van der Waals surface area contributed by atoms with E-state index in [0.29, 0.717) is 12.1 Å². The van der Waals surface area contributed by atoms with Gasteiger partial charge in [-0.15, -0.1) is 0 Å². The van der Waals surface area contributed by atoms with Crippen LogP contribution in [0.4, 0.5) is 0 Å². The van der Waals surface area contributed by atoms with E-state index in [0.717, 1.165) is 36.1 Å². The summed E-state index contributed by atoms with van der Waals surface area (Å²) in [4.78, 5) is 0. The Morgan fingerprint density at radius 3 is 2.85 bits per heavy atom. The lowest BCUT2D eigenvalue weighted by atomic mass is 9.89. The lowest BCUT2D eigenvalue weighted by molar-refractivity contribution is 0.129. The SMILES string of the molecule is CCNC(C)c1ccc(OC2CCCC(C)C2)c(Cl)c1. The predicted octanol–water partition coefficient (Wildman–Crippen LogP) is 4.97. The van der Waals surface area contributed by atoms with Gasteiger partial charge in [-0.2, -0.15) is 0 Å². The molecule has 0 aliphatic heterocycles. The van der Waals surface area contributed by atoms with E-state index in [4.69, 9.17) is 16.3 Å². The summed E-state index contributed by atoms with van der Waals surface area (Å²) in [5.41, 5.74) is 1.21. The Morgan fingerprint density at radius 1 is 1.40 bits per heavy atom. The summed E-state index contributed by atoms with van der Waals surface area (Å²) in [5, 5.41) is 4.12. The van der Waals surface area contributed by atoms with E-state index < -0.39 is 0 Å². The van der Waals surface area contributed by atoms with Crippen LogP contribution >= 0.6 is 11.6 Å². The average Bonchev–Trinajstić information content (AvgIpc) is 2.41. The molecular weight excluding hydrogens is 270 g/mol. The van der Waals surface area contributed by atoms with Crippen molar-refractivity contribution in [2.45, 2.75) is 58.6 Å². The molecule has 112 valence electrons. The summed E-state index contributed by atoms with van der Waals surface area (Å²) in [6.07, 6.45) is 5.21. The number of nitrogens with one attached hydrogen (secondary N) is 1. The normalized spacial score (nSPS) is 24.4. The zero-order valence-corrected chi connectivity index (χ0v) is 13.5. The van der Waals surface area contributed by atoms with Gasteiger partial charge in [-0.1, -0.05) is 37.9 Å². The Hall–Kier alpha value is -0.730. The van der Waals surface area contributed by atoms with E-state index in [-0.39, 0.29) is 0 Å². The zero-order valence-electron chi connectivity index (χ0n) is 12.8. The highest BCUT2D eigenvalue weighted by Crippen LogP contribution is 2.32. The number of hydrogen-bond acceptors (Lipinski definition) is 2. The minimum atomic E-state index is 0.321. The van der Waals surface area contributed by atoms with Crippen LogP contribution in [0.15, 0.2) is 18.2 Å². The molecule has 1 aliphatic rings. The summed E-state index contributed by atoms with van der Waals surface area (Å²) in [5.74, 6) is 1.60. The maximum absolute atomic E-state index is 6.38. The van der Waals surface area contributed by atoms with Gasteiger partial charge in [0, 0.05) is 6.04 Å². The molecule has 0 heterocycles. The quantitative estimate of drug-likeness (QED) is 0.828. The fourth-order valence-electron chi connectivity index (χ4n) is 2.97. The topological polar surface area (TPSA) is 21.3 Å². The van der Waals surface area contributed by atoms with Crippen molar-refractivity contribution in [3.63, 3.8) is 0 Å². The fraction of sp³-hybridized carbons (Fsp3) is 0.647. The van der Waals surface area contributed by atoms with E-state index >= 15 is 0 Å². The summed E-state index contributed by atoms with van der Waals surface area (Å²) in [6, 6.07) is 6.48. The third kappa shape index (κ3) is 4.13. The summed E-state index contributed by atoms with van der Waals surface area (Å²) < 4.78 is 6.10. The molecule has 1 aromatic rings. The molecule has 2 nitrogen and oxygen atoms in total. The minimum absolute atomic E-state index is 0.321. The van der Waals surface area contributed by atoms with Crippen LogP contribution in [0.25, 0.3) is 0 Å². The number of benzene rings is 1. The monoisotopic (exact) mass is 295 g/mol. The molecule has 3 atom stereocenters. The molecular formula is C17H26ClNO. The molecule has 0 spiro atoms. The first-order valence-corrected chi connectivity index (χ1v) is 8.17. The highest BCUT2D eigenvalue weighted by Gasteiger charge is 2.21. The number of rotatable bonds is 5. The molecule has 0 saturated heterocycles. The first-order chi connectivity index (χ1) is 9.60. The Morgan fingerprint density at radius 2 is 2.20 bits per heavy atom. The Bertz CT molecular complexity index is 435. The Kier molecular flexibility index (Phi) is 5.74. The molecule has 1 aromatic carbocycles. The number of hydrogen-bond donors (Lipinski definition) is 1. The standard InChI is InChI=1S/C17H26ClNO/c1-4-19-13(3)14-8-9-17(16(18)11-14)20-15-7-5-6-12(2)10-15/h8-9,11-13,15,19H,4-7,10H2,1-3H3. The molecule has 3 unspecified atom stereocenters. The molecule has 0 amide bonds. The van der Waals surface area contributed by atoms with Crippen LogP contribution in [-0.2, 0) is 0 Å². The van der Waals surface area contributed by atoms with Crippen LogP contribution in [0.1, 0.15) is 58.1 Å². The Labute approximate surface area is 127 Å². The molecule has 2 rings (SSSR count). The molecule has 20 heavy (non-hydrogen) atoms. The molecule has 1 fully saturated rings. The van der Waals surface area contributed by atoms with Gasteiger partial charge in [-0.25, -0.2) is 0 Å². The molecule has 1 N–H and O–H groups in total. The van der Waals surface area contributed by atoms with Crippen LogP contribution in [0.3, 0.4) is 0 Å². The molecule has 0 bridgehead atoms. The van der Waals surface area contributed by atoms with Crippen molar-refractivity contribution in [3.8, 4) is 5.75 Å². The van der Waals surface area contributed by atoms with Gasteiger partial charge in [0.25, 0.3) is 0 Å². The molecule has 3 heteroatoms. The minimum Gasteiger partial charge on any atom is -0.489 e. The number of halogens is 1. The van der Waals surface area contributed by atoms with Gasteiger partial charge in [-0.05, 0) is 56.3 Å². The first kappa shape index (κ1) is 15.7. The van der Waals surface area contributed by atoms with Crippen LogP contribution in [0.2, 0.25) is 5.02 Å². The van der Waals surface area contributed by atoms with Crippen LogP contribution in [0, 0.1) is 5.92 Å². The van der Waals surface area contributed by atoms with Gasteiger partial charge in [0.05, 0.1) is 11.1 Å². The maximum Gasteiger partial charge on any atom is 0.138 e. The maximum atomic E-state index is 6.38. The van der Waals surface area contributed by atoms with E-state index in [1.165, 1.54) is 18.4 Å². The fourth-order valence-corrected chi connectivity index (χ4v) is 3.20. The van der Waals surface area contributed by atoms with E-state index in [9.17, 15) is 0 Å². The molecule has 0 radical (unpaired) electrons. The van der Waals surface area contributed by atoms with Crippen molar-refractivity contribution in [2.75, 3.05) is 6.54 Å². The smallest absolute Gasteiger partial charge is 0.138 e. The molecule has 1 saturated carbocycles. The summed E-state index contributed by atoms with van der Waals surface area (Å²) in [6.45, 7) is 7.52.